The second kappa shape index (κ2) is 6.48. The predicted octanol–water partition coefficient (Wildman–Crippen LogP) is 2.56. The van der Waals surface area contributed by atoms with Gasteiger partial charge in [0.05, 0.1) is 12.3 Å². The molecule has 0 saturated heterocycles. The molecule has 5 nitrogen and oxygen atoms in total. The standard InChI is InChI=1S/C17H23NO4/c1-4-14(20)12-7-8-15-13(11-12)18(9-10-19)16(21)17(5-2,6-3)22-15/h7-8,11,19H,4-6,9-10H2,1-3H3. The fourth-order valence-electron chi connectivity index (χ4n) is 2.82. The maximum absolute atomic E-state index is 12.8. The molecule has 0 unspecified atom stereocenters. The first-order valence-electron chi connectivity index (χ1n) is 7.82. The summed E-state index contributed by atoms with van der Waals surface area (Å²) < 4.78 is 5.99. The second-order valence-corrected chi connectivity index (χ2v) is 5.44. The number of aliphatic hydroxyl groups is 1. The lowest BCUT2D eigenvalue weighted by Gasteiger charge is -2.42. The normalized spacial score (nSPS) is 16.2. The quantitative estimate of drug-likeness (QED) is 0.820. The van der Waals surface area contributed by atoms with Crippen molar-refractivity contribution in [2.75, 3.05) is 18.1 Å². The summed E-state index contributed by atoms with van der Waals surface area (Å²) in [6.07, 6.45) is 1.51. The maximum Gasteiger partial charge on any atom is 0.271 e. The Morgan fingerprint density at radius 2 is 1.95 bits per heavy atom. The minimum Gasteiger partial charge on any atom is -0.475 e. The Kier molecular flexibility index (Phi) is 4.86. The minimum atomic E-state index is -0.890. The Balaban J connectivity index is 2.53. The van der Waals surface area contributed by atoms with Gasteiger partial charge in [-0.15, -0.1) is 0 Å². The van der Waals surface area contributed by atoms with Crippen LogP contribution in [0.25, 0.3) is 0 Å². The van der Waals surface area contributed by atoms with Gasteiger partial charge in [0.25, 0.3) is 5.91 Å². The number of carbonyl (C=O) groups is 2. The molecule has 0 fully saturated rings. The van der Waals surface area contributed by atoms with E-state index in [4.69, 9.17) is 4.74 Å². The van der Waals surface area contributed by atoms with Crippen LogP contribution in [0.15, 0.2) is 18.2 Å². The number of Topliss-reactive ketones (excluding diaryl/α,β-unsaturated/α-hetero) is 1. The van der Waals surface area contributed by atoms with E-state index in [-0.39, 0.29) is 24.8 Å². The van der Waals surface area contributed by atoms with Crippen molar-refractivity contribution in [1.82, 2.24) is 0 Å². The number of nitrogens with zero attached hydrogens (tertiary/aromatic N) is 1. The number of hydrogen-bond donors (Lipinski definition) is 1. The highest BCUT2D eigenvalue weighted by Crippen LogP contribution is 2.41. The van der Waals surface area contributed by atoms with Crippen LogP contribution in [-0.4, -0.2) is 35.5 Å². The van der Waals surface area contributed by atoms with Crippen LogP contribution < -0.4 is 9.64 Å². The molecule has 0 aliphatic carbocycles. The first kappa shape index (κ1) is 16.5. The van der Waals surface area contributed by atoms with E-state index in [0.717, 1.165) is 0 Å². The third-order valence-corrected chi connectivity index (χ3v) is 4.30. The van der Waals surface area contributed by atoms with Gasteiger partial charge < -0.3 is 14.7 Å². The van der Waals surface area contributed by atoms with Gasteiger partial charge in [0, 0.05) is 18.5 Å². The average Bonchev–Trinajstić information content (AvgIpc) is 2.56. The van der Waals surface area contributed by atoms with Gasteiger partial charge in [-0.25, -0.2) is 0 Å². The zero-order valence-electron chi connectivity index (χ0n) is 13.4. The molecule has 0 bridgehead atoms. The predicted molar refractivity (Wildman–Crippen MR) is 84.4 cm³/mol. The number of amides is 1. The minimum absolute atomic E-state index is 0.0158. The summed E-state index contributed by atoms with van der Waals surface area (Å²) in [6.45, 7) is 5.69. The van der Waals surface area contributed by atoms with Crippen LogP contribution in [0, 0.1) is 0 Å². The first-order chi connectivity index (χ1) is 10.5. The maximum atomic E-state index is 12.8. The molecule has 1 N–H and O–H groups in total. The van der Waals surface area contributed by atoms with Crippen molar-refractivity contribution in [3.8, 4) is 5.75 Å². The van der Waals surface area contributed by atoms with E-state index in [1.807, 2.05) is 13.8 Å². The van der Waals surface area contributed by atoms with E-state index < -0.39 is 5.60 Å². The van der Waals surface area contributed by atoms with Gasteiger partial charge in [-0.1, -0.05) is 20.8 Å². The van der Waals surface area contributed by atoms with E-state index in [0.29, 0.717) is 36.3 Å². The van der Waals surface area contributed by atoms with Crippen molar-refractivity contribution in [2.45, 2.75) is 45.6 Å². The zero-order chi connectivity index (χ0) is 16.3. The van der Waals surface area contributed by atoms with Crippen LogP contribution in [0.5, 0.6) is 5.75 Å². The summed E-state index contributed by atoms with van der Waals surface area (Å²) in [5, 5.41) is 9.30. The Morgan fingerprint density at radius 1 is 1.27 bits per heavy atom. The molecule has 1 amide bonds. The molecule has 1 aliphatic rings. The molecule has 0 saturated carbocycles. The molecule has 0 radical (unpaired) electrons. The molecule has 5 heteroatoms. The van der Waals surface area contributed by atoms with Crippen molar-refractivity contribution in [3.63, 3.8) is 0 Å². The van der Waals surface area contributed by atoms with Crippen LogP contribution in [0.4, 0.5) is 5.69 Å². The molecule has 2 rings (SSSR count). The summed E-state index contributed by atoms with van der Waals surface area (Å²) in [5.41, 5.74) is 0.232. The molecule has 1 heterocycles. The first-order valence-corrected chi connectivity index (χ1v) is 7.82. The number of ketones is 1. The summed E-state index contributed by atoms with van der Waals surface area (Å²) in [4.78, 5) is 26.2. The van der Waals surface area contributed by atoms with Gasteiger partial charge in [0.1, 0.15) is 5.75 Å². The van der Waals surface area contributed by atoms with Gasteiger partial charge in [-0.3, -0.25) is 9.59 Å². The van der Waals surface area contributed by atoms with Crippen LogP contribution in [0.3, 0.4) is 0 Å². The highest BCUT2D eigenvalue weighted by Gasteiger charge is 2.45. The molecule has 0 aromatic heterocycles. The molecular formula is C17H23NO4. The monoisotopic (exact) mass is 305 g/mol. The molecular weight excluding hydrogens is 282 g/mol. The van der Waals surface area contributed by atoms with Crippen molar-refractivity contribution >= 4 is 17.4 Å². The highest BCUT2D eigenvalue weighted by atomic mass is 16.5. The fourth-order valence-corrected chi connectivity index (χ4v) is 2.82. The van der Waals surface area contributed by atoms with E-state index in [1.165, 1.54) is 4.90 Å². The highest BCUT2D eigenvalue weighted by molar-refractivity contribution is 6.05. The number of anilines is 1. The Labute approximate surface area is 130 Å². The molecule has 1 aromatic carbocycles. The molecule has 120 valence electrons. The Morgan fingerprint density at radius 3 is 2.50 bits per heavy atom. The Bertz CT molecular complexity index is 578. The number of aliphatic hydroxyl groups excluding tert-OH is 1. The van der Waals surface area contributed by atoms with E-state index in [9.17, 15) is 14.7 Å². The molecule has 0 spiro atoms. The van der Waals surface area contributed by atoms with Crippen LogP contribution in [0.1, 0.15) is 50.4 Å². The number of rotatable bonds is 6. The topological polar surface area (TPSA) is 66.8 Å². The lowest BCUT2D eigenvalue weighted by molar-refractivity contribution is -0.136. The molecule has 1 aliphatic heterocycles. The van der Waals surface area contributed by atoms with Gasteiger partial charge in [0.15, 0.2) is 11.4 Å². The fraction of sp³-hybridized carbons (Fsp3) is 0.529. The van der Waals surface area contributed by atoms with Gasteiger partial charge in [0.2, 0.25) is 0 Å². The third kappa shape index (κ3) is 2.61. The summed E-state index contributed by atoms with van der Waals surface area (Å²) in [6, 6.07) is 5.16. The van der Waals surface area contributed by atoms with Crippen LogP contribution in [-0.2, 0) is 4.79 Å². The summed E-state index contributed by atoms with van der Waals surface area (Å²) >= 11 is 0. The van der Waals surface area contributed by atoms with Crippen LogP contribution in [0.2, 0.25) is 0 Å². The number of ether oxygens (including phenoxy) is 1. The van der Waals surface area contributed by atoms with Crippen LogP contribution >= 0.6 is 0 Å². The molecule has 1 aromatic rings. The SMILES string of the molecule is CCC(=O)c1ccc2c(c1)N(CCO)C(=O)C(CC)(CC)O2. The lowest BCUT2D eigenvalue weighted by atomic mass is 9.92. The van der Waals surface area contributed by atoms with Gasteiger partial charge >= 0.3 is 0 Å². The third-order valence-electron chi connectivity index (χ3n) is 4.30. The summed E-state index contributed by atoms with van der Waals surface area (Å²) in [7, 11) is 0. The van der Waals surface area contributed by atoms with Crippen molar-refractivity contribution in [1.29, 1.82) is 0 Å². The number of fused-ring (bicyclic) bond motifs is 1. The van der Waals surface area contributed by atoms with E-state index in [2.05, 4.69) is 0 Å². The van der Waals surface area contributed by atoms with Crippen molar-refractivity contribution in [3.05, 3.63) is 23.8 Å². The van der Waals surface area contributed by atoms with Crippen molar-refractivity contribution < 1.29 is 19.4 Å². The Hall–Kier alpha value is -1.88. The number of hydrogen-bond acceptors (Lipinski definition) is 4. The molecule has 22 heavy (non-hydrogen) atoms. The zero-order valence-corrected chi connectivity index (χ0v) is 13.4. The van der Waals surface area contributed by atoms with Gasteiger partial charge in [-0.05, 0) is 31.0 Å². The van der Waals surface area contributed by atoms with Gasteiger partial charge in [-0.2, -0.15) is 0 Å². The van der Waals surface area contributed by atoms with E-state index in [1.54, 1.807) is 25.1 Å². The lowest BCUT2D eigenvalue weighted by Crippen LogP contribution is -2.56. The molecule has 0 atom stereocenters. The smallest absolute Gasteiger partial charge is 0.271 e. The number of β-amino-alcohol motifs (C(OH)–C–C–N with tert-alkyl or cyclic N) is 1. The second-order valence-electron chi connectivity index (χ2n) is 5.44. The number of carbonyl (C=O) groups excluding carboxylic acids is 2. The van der Waals surface area contributed by atoms with Crippen molar-refractivity contribution in [2.24, 2.45) is 0 Å². The average molecular weight is 305 g/mol. The van der Waals surface area contributed by atoms with E-state index >= 15 is 0 Å². The largest absolute Gasteiger partial charge is 0.475 e. The summed E-state index contributed by atoms with van der Waals surface area (Å²) in [5.74, 6) is 0.451. The number of benzene rings is 1.